The van der Waals surface area contributed by atoms with Gasteiger partial charge in [-0.15, -0.1) is 0 Å². The molecule has 0 aliphatic carbocycles. The van der Waals surface area contributed by atoms with Crippen LogP contribution in [0.2, 0.25) is 0 Å². The van der Waals surface area contributed by atoms with Gasteiger partial charge in [0.25, 0.3) is 0 Å². The van der Waals surface area contributed by atoms with Crippen LogP contribution in [0.1, 0.15) is 96.8 Å². The third kappa shape index (κ3) is 13.3. The largest absolute Gasteiger partial charge is 0.393 e. The molecule has 0 aromatic heterocycles. The van der Waals surface area contributed by atoms with Crippen molar-refractivity contribution in [2.45, 2.75) is 102 Å². The van der Waals surface area contributed by atoms with E-state index in [9.17, 15) is 5.11 Å². The molecule has 3 N–H and O–H groups in total. The Morgan fingerprint density at radius 2 is 0.905 bits per heavy atom. The Hall–Kier alpha value is -0.120. The fourth-order valence-corrected chi connectivity index (χ4v) is 2.68. The monoisotopic (exact) mass is 302 g/mol. The van der Waals surface area contributed by atoms with E-state index in [4.69, 9.17) is 10.2 Å². The van der Waals surface area contributed by atoms with Gasteiger partial charge in [0.15, 0.2) is 0 Å². The summed E-state index contributed by atoms with van der Waals surface area (Å²) in [7, 11) is 0. The second-order valence-electron chi connectivity index (χ2n) is 6.53. The van der Waals surface area contributed by atoms with Gasteiger partial charge in [0.1, 0.15) is 5.60 Å². The molecule has 0 amide bonds. The zero-order chi connectivity index (χ0) is 15.8. The Morgan fingerprint density at radius 1 is 0.571 bits per heavy atom. The maximum Gasteiger partial charge on any atom is 0.111 e. The maximum absolute atomic E-state index is 9.71. The Labute approximate surface area is 131 Å². The standard InChI is InChI=1S/C18H38O3/c1-2-3-4-5-6-7-8-9-10-11-12-13-14-15-18(21,16-19)17-20/h19-21H,2-17H2,1H3. The topological polar surface area (TPSA) is 60.7 Å². The zero-order valence-electron chi connectivity index (χ0n) is 14.2. The highest BCUT2D eigenvalue weighted by atomic mass is 16.4. The molecule has 3 heteroatoms. The van der Waals surface area contributed by atoms with Crippen molar-refractivity contribution in [3.8, 4) is 0 Å². The molecule has 0 fully saturated rings. The lowest BCUT2D eigenvalue weighted by molar-refractivity contribution is -0.0616. The fourth-order valence-electron chi connectivity index (χ4n) is 2.68. The van der Waals surface area contributed by atoms with Crippen LogP contribution < -0.4 is 0 Å². The molecule has 3 nitrogen and oxygen atoms in total. The summed E-state index contributed by atoms with van der Waals surface area (Å²) in [6.45, 7) is 1.57. The van der Waals surface area contributed by atoms with Crippen molar-refractivity contribution in [3.05, 3.63) is 0 Å². The Morgan fingerprint density at radius 3 is 1.24 bits per heavy atom. The molecule has 21 heavy (non-hydrogen) atoms. The van der Waals surface area contributed by atoms with Gasteiger partial charge in [0.05, 0.1) is 13.2 Å². The summed E-state index contributed by atoms with van der Waals surface area (Å²) in [5, 5.41) is 27.6. The van der Waals surface area contributed by atoms with Gasteiger partial charge >= 0.3 is 0 Å². The van der Waals surface area contributed by atoms with Crippen LogP contribution in [-0.2, 0) is 0 Å². The van der Waals surface area contributed by atoms with E-state index in [1.807, 2.05) is 0 Å². The van der Waals surface area contributed by atoms with Crippen LogP contribution in [0.5, 0.6) is 0 Å². The van der Waals surface area contributed by atoms with Crippen LogP contribution >= 0.6 is 0 Å². The average molecular weight is 302 g/mol. The van der Waals surface area contributed by atoms with Gasteiger partial charge in [-0.1, -0.05) is 90.4 Å². The van der Waals surface area contributed by atoms with Crippen molar-refractivity contribution in [2.24, 2.45) is 0 Å². The Kier molecular flexibility index (Phi) is 14.7. The molecule has 0 saturated heterocycles. The number of rotatable bonds is 16. The first kappa shape index (κ1) is 20.9. The lowest BCUT2D eigenvalue weighted by Gasteiger charge is -2.22. The quantitative estimate of drug-likeness (QED) is 0.375. The van der Waals surface area contributed by atoms with Gasteiger partial charge in [0, 0.05) is 0 Å². The summed E-state index contributed by atoms with van der Waals surface area (Å²) >= 11 is 0. The average Bonchev–Trinajstić information content (AvgIpc) is 2.51. The summed E-state index contributed by atoms with van der Waals surface area (Å²) in [5.41, 5.74) is -1.27. The van der Waals surface area contributed by atoms with Gasteiger partial charge in [-0.25, -0.2) is 0 Å². The Bertz CT molecular complexity index is 203. The highest BCUT2D eigenvalue weighted by Gasteiger charge is 2.23. The van der Waals surface area contributed by atoms with Gasteiger partial charge in [-0.3, -0.25) is 0 Å². The van der Waals surface area contributed by atoms with Crippen molar-refractivity contribution >= 4 is 0 Å². The van der Waals surface area contributed by atoms with Crippen molar-refractivity contribution in [1.82, 2.24) is 0 Å². The van der Waals surface area contributed by atoms with Gasteiger partial charge in [0.2, 0.25) is 0 Å². The lowest BCUT2D eigenvalue weighted by Crippen LogP contribution is -2.37. The van der Waals surface area contributed by atoms with E-state index in [-0.39, 0.29) is 13.2 Å². The summed E-state index contributed by atoms with van der Waals surface area (Å²) in [6, 6.07) is 0. The normalized spacial score (nSPS) is 12.0. The summed E-state index contributed by atoms with van der Waals surface area (Å²) in [6.07, 6.45) is 17.3. The second kappa shape index (κ2) is 14.8. The van der Waals surface area contributed by atoms with E-state index in [0.717, 1.165) is 12.8 Å². The molecule has 0 aromatic rings. The third-order valence-corrected chi connectivity index (χ3v) is 4.33. The second-order valence-corrected chi connectivity index (χ2v) is 6.53. The molecule has 0 bridgehead atoms. The van der Waals surface area contributed by atoms with Crippen LogP contribution in [0.4, 0.5) is 0 Å². The van der Waals surface area contributed by atoms with E-state index in [2.05, 4.69) is 6.92 Å². The van der Waals surface area contributed by atoms with Crippen LogP contribution in [0.15, 0.2) is 0 Å². The van der Waals surface area contributed by atoms with Crippen molar-refractivity contribution in [1.29, 1.82) is 0 Å². The van der Waals surface area contributed by atoms with E-state index in [1.54, 1.807) is 0 Å². The number of aliphatic hydroxyl groups excluding tert-OH is 2. The summed E-state index contributed by atoms with van der Waals surface area (Å²) in [5.74, 6) is 0. The summed E-state index contributed by atoms with van der Waals surface area (Å²) in [4.78, 5) is 0. The molecule has 128 valence electrons. The Balaban J connectivity index is 3.16. The van der Waals surface area contributed by atoms with Crippen molar-refractivity contribution in [3.63, 3.8) is 0 Å². The predicted molar refractivity (Wildman–Crippen MR) is 89.4 cm³/mol. The third-order valence-electron chi connectivity index (χ3n) is 4.33. The number of hydrogen-bond acceptors (Lipinski definition) is 3. The molecule has 0 aliphatic heterocycles. The molecule has 0 aliphatic rings. The van der Waals surface area contributed by atoms with Crippen LogP contribution in [-0.4, -0.2) is 34.1 Å². The molecule has 0 rings (SSSR count). The number of aliphatic hydroxyl groups is 3. The van der Waals surface area contributed by atoms with Gasteiger partial charge in [-0.2, -0.15) is 0 Å². The predicted octanol–water partition coefficient (Wildman–Crippen LogP) is 4.18. The highest BCUT2D eigenvalue weighted by molar-refractivity contribution is 4.75. The summed E-state index contributed by atoms with van der Waals surface area (Å²) < 4.78 is 0. The van der Waals surface area contributed by atoms with Gasteiger partial charge < -0.3 is 15.3 Å². The van der Waals surface area contributed by atoms with Gasteiger partial charge in [-0.05, 0) is 6.42 Å². The SMILES string of the molecule is CCCCCCCCCCCCCCCC(O)(CO)CO. The molecule has 0 spiro atoms. The van der Waals surface area contributed by atoms with E-state index >= 15 is 0 Å². The highest BCUT2D eigenvalue weighted by Crippen LogP contribution is 2.16. The number of unbranched alkanes of at least 4 members (excludes halogenated alkanes) is 12. The molecule has 0 atom stereocenters. The van der Waals surface area contributed by atoms with E-state index in [1.165, 1.54) is 70.6 Å². The van der Waals surface area contributed by atoms with Crippen molar-refractivity contribution in [2.75, 3.05) is 13.2 Å². The molecule has 0 radical (unpaired) electrons. The molecular weight excluding hydrogens is 264 g/mol. The number of hydrogen-bond donors (Lipinski definition) is 3. The molecular formula is C18H38O3. The van der Waals surface area contributed by atoms with Crippen LogP contribution in [0.25, 0.3) is 0 Å². The minimum atomic E-state index is -1.27. The molecule has 0 aromatic carbocycles. The smallest absolute Gasteiger partial charge is 0.111 e. The maximum atomic E-state index is 9.71. The van der Waals surface area contributed by atoms with E-state index in [0.29, 0.717) is 6.42 Å². The van der Waals surface area contributed by atoms with Crippen LogP contribution in [0.3, 0.4) is 0 Å². The van der Waals surface area contributed by atoms with E-state index < -0.39 is 5.60 Å². The molecule has 0 heterocycles. The first-order valence-corrected chi connectivity index (χ1v) is 9.12. The molecule has 0 unspecified atom stereocenters. The lowest BCUT2D eigenvalue weighted by atomic mass is 9.97. The van der Waals surface area contributed by atoms with Crippen LogP contribution in [0, 0.1) is 0 Å². The zero-order valence-corrected chi connectivity index (χ0v) is 14.2. The molecule has 0 saturated carbocycles. The first-order valence-electron chi connectivity index (χ1n) is 9.12. The fraction of sp³-hybridized carbons (Fsp3) is 1.00. The minimum Gasteiger partial charge on any atom is -0.393 e. The van der Waals surface area contributed by atoms with Crippen molar-refractivity contribution < 1.29 is 15.3 Å². The first-order chi connectivity index (χ1) is 10.2. The minimum absolute atomic E-state index is 0.345.